The van der Waals surface area contributed by atoms with Crippen molar-refractivity contribution >= 4 is 22.8 Å². The SMILES string of the molecule is Cc1cc(C(=O)N2CCN(C(=O)C3CCCCC3)CC2)c2cnn(C(C)C)c2n1. The van der Waals surface area contributed by atoms with E-state index < -0.39 is 0 Å². The molecule has 0 spiro atoms. The summed E-state index contributed by atoms with van der Waals surface area (Å²) < 4.78 is 1.86. The molecule has 0 atom stereocenters. The molecule has 1 aliphatic heterocycles. The number of hydrogen-bond acceptors (Lipinski definition) is 4. The third-order valence-corrected chi connectivity index (χ3v) is 6.25. The lowest BCUT2D eigenvalue weighted by Crippen LogP contribution is -2.52. The van der Waals surface area contributed by atoms with Gasteiger partial charge >= 0.3 is 0 Å². The highest BCUT2D eigenvalue weighted by Crippen LogP contribution is 2.26. The lowest BCUT2D eigenvalue weighted by atomic mass is 9.88. The molecule has 7 nitrogen and oxygen atoms in total. The Morgan fingerprint density at radius 2 is 1.69 bits per heavy atom. The molecule has 2 amide bonds. The third kappa shape index (κ3) is 3.87. The highest BCUT2D eigenvalue weighted by atomic mass is 16.2. The highest BCUT2D eigenvalue weighted by Gasteiger charge is 2.30. The predicted molar refractivity (Wildman–Crippen MR) is 112 cm³/mol. The molecule has 0 radical (unpaired) electrons. The Morgan fingerprint density at radius 3 is 2.34 bits per heavy atom. The second kappa shape index (κ2) is 8.13. The first kappa shape index (κ1) is 19.9. The summed E-state index contributed by atoms with van der Waals surface area (Å²) in [5.41, 5.74) is 2.23. The van der Waals surface area contributed by atoms with Gasteiger partial charge in [-0.15, -0.1) is 0 Å². The van der Waals surface area contributed by atoms with E-state index in [-0.39, 0.29) is 23.8 Å². The number of hydrogen-bond donors (Lipinski definition) is 0. The van der Waals surface area contributed by atoms with Crippen LogP contribution >= 0.6 is 0 Å². The van der Waals surface area contributed by atoms with Gasteiger partial charge in [0.05, 0.1) is 17.1 Å². The largest absolute Gasteiger partial charge is 0.339 e. The van der Waals surface area contributed by atoms with Crippen molar-refractivity contribution in [3.63, 3.8) is 0 Å². The van der Waals surface area contributed by atoms with Crippen LogP contribution in [0.15, 0.2) is 12.3 Å². The van der Waals surface area contributed by atoms with E-state index in [1.165, 1.54) is 6.42 Å². The van der Waals surface area contributed by atoms with Crippen LogP contribution in [0.3, 0.4) is 0 Å². The second-order valence-corrected chi connectivity index (χ2v) is 8.68. The van der Waals surface area contributed by atoms with Crippen molar-refractivity contribution < 1.29 is 9.59 Å². The van der Waals surface area contributed by atoms with E-state index >= 15 is 0 Å². The van der Waals surface area contributed by atoms with Gasteiger partial charge in [-0.25, -0.2) is 9.67 Å². The highest BCUT2D eigenvalue weighted by molar-refractivity contribution is 6.05. The molecule has 0 N–H and O–H groups in total. The van der Waals surface area contributed by atoms with Gasteiger partial charge in [0, 0.05) is 43.8 Å². The van der Waals surface area contributed by atoms with Crippen LogP contribution in [0.5, 0.6) is 0 Å². The van der Waals surface area contributed by atoms with Crippen molar-refractivity contribution in [2.75, 3.05) is 26.2 Å². The lowest BCUT2D eigenvalue weighted by molar-refractivity contribution is -0.138. The molecule has 0 unspecified atom stereocenters. The number of fused-ring (bicyclic) bond motifs is 1. The van der Waals surface area contributed by atoms with Crippen LogP contribution in [-0.2, 0) is 4.79 Å². The van der Waals surface area contributed by atoms with Crippen LogP contribution in [0.2, 0.25) is 0 Å². The molecule has 2 aromatic rings. The zero-order valence-electron chi connectivity index (χ0n) is 17.7. The van der Waals surface area contributed by atoms with Crippen molar-refractivity contribution in [1.82, 2.24) is 24.6 Å². The molecule has 0 aromatic carbocycles. The van der Waals surface area contributed by atoms with Gasteiger partial charge in [-0.1, -0.05) is 19.3 Å². The van der Waals surface area contributed by atoms with E-state index in [9.17, 15) is 9.59 Å². The quantitative estimate of drug-likeness (QED) is 0.797. The summed E-state index contributed by atoms with van der Waals surface area (Å²) in [6, 6.07) is 2.04. The summed E-state index contributed by atoms with van der Waals surface area (Å²) in [6.45, 7) is 8.44. The molecule has 1 saturated heterocycles. The number of carbonyl (C=O) groups excluding carboxylic acids is 2. The summed E-state index contributed by atoms with van der Waals surface area (Å²) in [5.74, 6) is 0.487. The maximum Gasteiger partial charge on any atom is 0.254 e. The molecule has 2 fully saturated rings. The molecule has 7 heteroatoms. The van der Waals surface area contributed by atoms with Gasteiger partial charge < -0.3 is 9.80 Å². The van der Waals surface area contributed by atoms with Crippen LogP contribution in [-0.4, -0.2) is 62.6 Å². The standard InChI is InChI=1S/C22H31N5O2/c1-15(2)27-20-19(14-23-27)18(13-16(3)24-20)22(29)26-11-9-25(10-12-26)21(28)17-7-5-4-6-8-17/h13-15,17H,4-12H2,1-3H3. The second-order valence-electron chi connectivity index (χ2n) is 8.68. The summed E-state index contributed by atoms with van der Waals surface area (Å²) >= 11 is 0. The Balaban J connectivity index is 1.48. The van der Waals surface area contributed by atoms with Crippen LogP contribution < -0.4 is 0 Å². The maximum absolute atomic E-state index is 13.3. The molecule has 1 aliphatic carbocycles. The van der Waals surface area contributed by atoms with Crippen LogP contribution in [0.4, 0.5) is 0 Å². The first-order valence-electron chi connectivity index (χ1n) is 10.9. The summed E-state index contributed by atoms with van der Waals surface area (Å²) in [5, 5.41) is 5.24. The van der Waals surface area contributed by atoms with Crippen molar-refractivity contribution in [3.8, 4) is 0 Å². The molecular formula is C22H31N5O2. The van der Waals surface area contributed by atoms with Crippen LogP contribution in [0, 0.1) is 12.8 Å². The van der Waals surface area contributed by atoms with E-state index in [0.717, 1.165) is 42.4 Å². The van der Waals surface area contributed by atoms with E-state index in [1.54, 1.807) is 6.20 Å². The van der Waals surface area contributed by atoms with E-state index in [4.69, 9.17) is 0 Å². The van der Waals surface area contributed by atoms with Crippen LogP contribution in [0.1, 0.15) is 68.0 Å². The Morgan fingerprint density at radius 1 is 1.03 bits per heavy atom. The Labute approximate surface area is 172 Å². The van der Waals surface area contributed by atoms with E-state index in [2.05, 4.69) is 23.9 Å². The number of nitrogens with zero attached hydrogens (tertiary/aromatic N) is 5. The number of rotatable bonds is 3. The van der Waals surface area contributed by atoms with Crippen molar-refractivity contribution in [3.05, 3.63) is 23.5 Å². The summed E-state index contributed by atoms with van der Waals surface area (Å²) in [6.07, 6.45) is 7.36. The fourth-order valence-electron chi connectivity index (χ4n) is 4.61. The summed E-state index contributed by atoms with van der Waals surface area (Å²) in [7, 11) is 0. The minimum absolute atomic E-state index is 0.00794. The zero-order chi connectivity index (χ0) is 20.5. The molecule has 4 rings (SSSR count). The molecule has 2 aliphatic rings. The van der Waals surface area contributed by atoms with Gasteiger partial charge in [-0.05, 0) is 39.7 Å². The molecule has 3 heterocycles. The normalized spacial score (nSPS) is 18.6. The molecule has 156 valence electrons. The number of pyridine rings is 1. The van der Waals surface area contributed by atoms with Crippen molar-refractivity contribution in [2.45, 2.75) is 58.9 Å². The first-order valence-corrected chi connectivity index (χ1v) is 10.9. The minimum atomic E-state index is 0.00794. The molecule has 1 saturated carbocycles. The Hall–Kier alpha value is -2.44. The van der Waals surface area contributed by atoms with Gasteiger partial charge in [-0.2, -0.15) is 5.10 Å². The zero-order valence-corrected chi connectivity index (χ0v) is 17.7. The van der Waals surface area contributed by atoms with E-state index in [1.807, 2.05) is 27.5 Å². The number of carbonyl (C=O) groups is 2. The number of aromatic nitrogens is 3. The predicted octanol–water partition coefficient (Wildman–Crippen LogP) is 3.19. The first-order chi connectivity index (χ1) is 14.0. The van der Waals surface area contributed by atoms with Crippen molar-refractivity contribution in [1.29, 1.82) is 0 Å². The van der Waals surface area contributed by atoms with Gasteiger partial charge in [-0.3, -0.25) is 9.59 Å². The smallest absolute Gasteiger partial charge is 0.254 e. The van der Waals surface area contributed by atoms with Gasteiger partial charge in [0.15, 0.2) is 5.65 Å². The maximum atomic E-state index is 13.3. The molecule has 29 heavy (non-hydrogen) atoms. The minimum Gasteiger partial charge on any atom is -0.339 e. The summed E-state index contributed by atoms with van der Waals surface area (Å²) in [4.78, 5) is 34.5. The van der Waals surface area contributed by atoms with Crippen molar-refractivity contribution in [2.24, 2.45) is 5.92 Å². The number of amides is 2. The monoisotopic (exact) mass is 397 g/mol. The average Bonchev–Trinajstić information content (AvgIpc) is 3.17. The fourth-order valence-corrected chi connectivity index (χ4v) is 4.61. The van der Waals surface area contributed by atoms with Gasteiger partial charge in [0.1, 0.15) is 0 Å². The van der Waals surface area contributed by atoms with Crippen LogP contribution in [0.25, 0.3) is 11.0 Å². The molecule has 0 bridgehead atoms. The third-order valence-electron chi connectivity index (χ3n) is 6.25. The Kier molecular flexibility index (Phi) is 5.56. The molecular weight excluding hydrogens is 366 g/mol. The Bertz CT molecular complexity index is 905. The molecule has 2 aromatic heterocycles. The topological polar surface area (TPSA) is 71.3 Å². The lowest BCUT2D eigenvalue weighted by Gasteiger charge is -2.37. The number of aryl methyl sites for hydroxylation is 1. The number of piperazine rings is 1. The van der Waals surface area contributed by atoms with Gasteiger partial charge in [0.2, 0.25) is 5.91 Å². The van der Waals surface area contributed by atoms with Gasteiger partial charge in [0.25, 0.3) is 5.91 Å². The van der Waals surface area contributed by atoms with E-state index in [0.29, 0.717) is 31.7 Å². The average molecular weight is 398 g/mol. The fraction of sp³-hybridized carbons (Fsp3) is 0.636.